The molecule has 5 nitrogen and oxygen atoms in total. The van der Waals surface area contributed by atoms with Gasteiger partial charge in [-0.3, -0.25) is 4.79 Å². The highest BCUT2D eigenvalue weighted by molar-refractivity contribution is 6.08. The number of carbonyl (C=O) groups excluding carboxylic acids is 1. The molecule has 0 bridgehead atoms. The third kappa shape index (κ3) is 2.54. The molecular weight excluding hydrogens is 263 g/mol. The molecular formula is C14H13FN2O3. The maximum absolute atomic E-state index is 13.1. The minimum absolute atomic E-state index is 0.0113. The van der Waals surface area contributed by atoms with Crippen molar-refractivity contribution in [2.45, 2.75) is 13.8 Å². The molecule has 0 fully saturated rings. The van der Waals surface area contributed by atoms with Crippen molar-refractivity contribution in [1.82, 2.24) is 4.98 Å². The minimum Gasteiger partial charge on any atom is -0.478 e. The van der Waals surface area contributed by atoms with E-state index in [1.165, 1.54) is 24.4 Å². The number of aryl methyl sites for hydroxylation is 2. The molecule has 1 aromatic heterocycles. The van der Waals surface area contributed by atoms with Crippen molar-refractivity contribution in [3.05, 3.63) is 52.6 Å². The zero-order valence-electron chi connectivity index (χ0n) is 11.0. The van der Waals surface area contributed by atoms with Crippen LogP contribution in [-0.2, 0) is 0 Å². The predicted molar refractivity (Wildman–Crippen MR) is 71.6 cm³/mol. The van der Waals surface area contributed by atoms with Gasteiger partial charge in [-0.25, -0.2) is 9.18 Å². The van der Waals surface area contributed by atoms with Crippen LogP contribution in [0.15, 0.2) is 24.4 Å². The lowest BCUT2D eigenvalue weighted by Crippen LogP contribution is -2.14. The zero-order valence-corrected chi connectivity index (χ0v) is 11.0. The predicted octanol–water partition coefficient (Wildman–Crippen LogP) is 2.72. The summed E-state index contributed by atoms with van der Waals surface area (Å²) in [5.74, 6) is -2.02. The Morgan fingerprint density at radius 3 is 2.60 bits per heavy atom. The highest BCUT2D eigenvalue weighted by Crippen LogP contribution is 2.20. The van der Waals surface area contributed by atoms with Crippen LogP contribution >= 0.6 is 0 Å². The Kier molecular flexibility index (Phi) is 3.56. The van der Waals surface area contributed by atoms with Crippen LogP contribution in [0.3, 0.4) is 0 Å². The lowest BCUT2D eigenvalue weighted by atomic mass is 10.1. The third-order valence-corrected chi connectivity index (χ3v) is 2.96. The Balaban J connectivity index is 2.28. The summed E-state index contributed by atoms with van der Waals surface area (Å²) >= 11 is 0. The van der Waals surface area contributed by atoms with Crippen LogP contribution in [0.4, 0.5) is 10.1 Å². The number of aromatic carboxylic acids is 1. The van der Waals surface area contributed by atoms with Crippen molar-refractivity contribution in [2.75, 3.05) is 5.32 Å². The Hall–Kier alpha value is -2.63. The summed E-state index contributed by atoms with van der Waals surface area (Å²) in [4.78, 5) is 25.9. The van der Waals surface area contributed by atoms with Crippen molar-refractivity contribution in [3.8, 4) is 0 Å². The Morgan fingerprint density at radius 2 is 2.00 bits per heavy atom. The number of nitrogens with one attached hydrogen (secondary N) is 2. The van der Waals surface area contributed by atoms with E-state index in [0.29, 0.717) is 11.3 Å². The fourth-order valence-corrected chi connectivity index (χ4v) is 1.88. The van der Waals surface area contributed by atoms with Crippen LogP contribution in [0.25, 0.3) is 0 Å². The number of carboxylic acids is 1. The van der Waals surface area contributed by atoms with Gasteiger partial charge < -0.3 is 15.4 Å². The summed E-state index contributed by atoms with van der Waals surface area (Å²) in [5, 5.41) is 11.6. The second-order valence-electron chi connectivity index (χ2n) is 4.43. The molecule has 0 spiro atoms. The van der Waals surface area contributed by atoms with Crippen LogP contribution in [0.1, 0.15) is 32.0 Å². The highest BCUT2D eigenvalue weighted by atomic mass is 19.1. The maximum Gasteiger partial charge on any atom is 0.339 e. The Bertz CT molecular complexity index is 692. The van der Waals surface area contributed by atoms with Crippen LogP contribution in [0, 0.1) is 19.7 Å². The minimum atomic E-state index is -1.13. The number of aromatic nitrogens is 1. The van der Waals surface area contributed by atoms with Gasteiger partial charge in [-0.15, -0.1) is 0 Å². The molecule has 0 unspecified atom stereocenters. The van der Waals surface area contributed by atoms with Crippen molar-refractivity contribution < 1.29 is 19.1 Å². The van der Waals surface area contributed by atoms with Gasteiger partial charge in [0.15, 0.2) is 0 Å². The van der Waals surface area contributed by atoms with Crippen molar-refractivity contribution in [1.29, 1.82) is 0 Å². The van der Waals surface area contributed by atoms with E-state index >= 15 is 0 Å². The monoisotopic (exact) mass is 276 g/mol. The van der Waals surface area contributed by atoms with Gasteiger partial charge in [-0.2, -0.15) is 0 Å². The topological polar surface area (TPSA) is 82.2 Å². The molecule has 0 radical (unpaired) electrons. The van der Waals surface area contributed by atoms with E-state index in [4.69, 9.17) is 5.11 Å². The number of aromatic amines is 1. The fraction of sp³-hybridized carbons (Fsp3) is 0.143. The molecule has 1 heterocycles. The normalized spacial score (nSPS) is 10.3. The van der Waals surface area contributed by atoms with Crippen LogP contribution in [0.2, 0.25) is 0 Å². The molecule has 0 aliphatic carbocycles. The molecule has 1 aromatic carbocycles. The van der Waals surface area contributed by atoms with Gasteiger partial charge in [0.05, 0.1) is 5.69 Å². The number of carbonyl (C=O) groups is 2. The molecule has 1 amide bonds. The number of hydrogen-bond donors (Lipinski definition) is 3. The van der Waals surface area contributed by atoms with Gasteiger partial charge in [0.2, 0.25) is 0 Å². The van der Waals surface area contributed by atoms with Gasteiger partial charge in [-0.05, 0) is 37.6 Å². The number of anilines is 1. The second-order valence-corrected chi connectivity index (χ2v) is 4.43. The smallest absolute Gasteiger partial charge is 0.339 e. The molecule has 0 atom stereocenters. The first kappa shape index (κ1) is 13.8. The molecule has 0 aliphatic heterocycles. The van der Waals surface area contributed by atoms with Gasteiger partial charge in [0.1, 0.15) is 11.4 Å². The van der Waals surface area contributed by atoms with E-state index in [0.717, 1.165) is 0 Å². The number of carboxylic acid groups (broad SMARTS) is 1. The van der Waals surface area contributed by atoms with E-state index in [9.17, 15) is 14.0 Å². The Morgan fingerprint density at radius 1 is 1.30 bits per heavy atom. The third-order valence-electron chi connectivity index (χ3n) is 2.96. The average molecular weight is 276 g/mol. The summed E-state index contributed by atoms with van der Waals surface area (Å²) in [7, 11) is 0. The number of halogens is 1. The second kappa shape index (κ2) is 5.16. The van der Waals surface area contributed by atoms with Crippen LogP contribution in [0.5, 0.6) is 0 Å². The Labute approximate surface area is 114 Å². The highest BCUT2D eigenvalue weighted by Gasteiger charge is 2.18. The molecule has 2 aromatic rings. The summed E-state index contributed by atoms with van der Waals surface area (Å²) in [6.07, 6.45) is 1.41. The molecule has 3 N–H and O–H groups in total. The lowest BCUT2D eigenvalue weighted by Gasteiger charge is -2.06. The summed E-state index contributed by atoms with van der Waals surface area (Å²) in [6, 6.07) is 3.95. The zero-order chi connectivity index (χ0) is 14.9. The van der Waals surface area contributed by atoms with E-state index in [-0.39, 0.29) is 16.8 Å². The van der Waals surface area contributed by atoms with Gasteiger partial charge in [0.25, 0.3) is 5.91 Å². The fourth-order valence-electron chi connectivity index (χ4n) is 1.88. The first-order valence-corrected chi connectivity index (χ1v) is 5.89. The number of amides is 1. The largest absolute Gasteiger partial charge is 0.478 e. The van der Waals surface area contributed by atoms with Gasteiger partial charge in [0, 0.05) is 17.5 Å². The average Bonchev–Trinajstić information content (AvgIpc) is 2.73. The van der Waals surface area contributed by atoms with E-state index in [1.54, 1.807) is 13.8 Å². The first-order valence-electron chi connectivity index (χ1n) is 5.89. The quantitative estimate of drug-likeness (QED) is 0.806. The summed E-state index contributed by atoms with van der Waals surface area (Å²) < 4.78 is 13.1. The van der Waals surface area contributed by atoms with E-state index in [1.807, 2.05) is 0 Å². The van der Waals surface area contributed by atoms with Gasteiger partial charge in [-0.1, -0.05) is 0 Å². The molecule has 20 heavy (non-hydrogen) atoms. The molecule has 0 aliphatic rings. The number of hydrogen-bond acceptors (Lipinski definition) is 2. The molecule has 104 valence electrons. The van der Waals surface area contributed by atoms with Crippen molar-refractivity contribution >= 4 is 17.6 Å². The van der Waals surface area contributed by atoms with Crippen LogP contribution in [-0.4, -0.2) is 22.0 Å². The molecule has 0 saturated heterocycles. The molecule has 0 saturated carbocycles. The van der Waals surface area contributed by atoms with E-state index in [2.05, 4.69) is 10.3 Å². The van der Waals surface area contributed by atoms with E-state index < -0.39 is 17.7 Å². The number of benzene rings is 1. The first-order chi connectivity index (χ1) is 9.40. The SMILES string of the molecule is Cc1cc(C(=O)Nc2c[nH]c(C)c2C(=O)O)ccc1F. The lowest BCUT2D eigenvalue weighted by molar-refractivity contribution is 0.0697. The summed E-state index contributed by atoms with van der Waals surface area (Å²) in [6.45, 7) is 3.15. The van der Waals surface area contributed by atoms with Gasteiger partial charge >= 0.3 is 5.97 Å². The number of H-pyrrole nitrogens is 1. The maximum atomic E-state index is 13.1. The summed E-state index contributed by atoms with van der Waals surface area (Å²) in [5.41, 5.74) is 1.25. The molecule has 2 rings (SSSR count). The molecule has 6 heteroatoms. The van der Waals surface area contributed by atoms with Crippen LogP contribution < -0.4 is 5.32 Å². The number of rotatable bonds is 3. The standard InChI is InChI=1S/C14H13FN2O3/c1-7-5-9(3-4-10(7)15)13(18)17-11-6-16-8(2)12(11)14(19)20/h3-6,16H,1-2H3,(H,17,18)(H,19,20). The van der Waals surface area contributed by atoms with Crippen molar-refractivity contribution in [3.63, 3.8) is 0 Å². The van der Waals surface area contributed by atoms with Crippen molar-refractivity contribution in [2.24, 2.45) is 0 Å².